The van der Waals surface area contributed by atoms with E-state index in [0.717, 1.165) is 45.1 Å². The van der Waals surface area contributed by atoms with Crippen molar-refractivity contribution in [3.05, 3.63) is 0 Å². The number of carbonyl (C=O) groups is 2. The molecule has 2 fully saturated rings. The Hall–Kier alpha value is -1.30. The minimum atomic E-state index is -0.948. The van der Waals surface area contributed by atoms with Gasteiger partial charge >= 0.3 is 12.0 Å². The standard InChI is InChI=1S/C14H24N2O4/c1-15(9-12-7-4-8-20-12)14(19)16(10-13(17)18)11-5-2-3-6-11/h11-12H,2-10H2,1H3,(H,17,18). The second-order valence-corrected chi connectivity index (χ2v) is 5.76. The van der Waals surface area contributed by atoms with E-state index in [1.807, 2.05) is 0 Å². The zero-order valence-electron chi connectivity index (χ0n) is 12.1. The van der Waals surface area contributed by atoms with Crippen molar-refractivity contribution in [2.45, 2.75) is 50.7 Å². The highest BCUT2D eigenvalue weighted by atomic mass is 16.5. The molecule has 0 bridgehead atoms. The lowest BCUT2D eigenvalue weighted by Gasteiger charge is -2.32. The topological polar surface area (TPSA) is 70.1 Å². The third-order valence-electron chi connectivity index (χ3n) is 4.14. The highest BCUT2D eigenvalue weighted by molar-refractivity contribution is 5.80. The summed E-state index contributed by atoms with van der Waals surface area (Å²) in [7, 11) is 1.73. The Labute approximate surface area is 119 Å². The van der Waals surface area contributed by atoms with Crippen LogP contribution in [-0.2, 0) is 9.53 Å². The summed E-state index contributed by atoms with van der Waals surface area (Å²) in [6, 6.07) is -0.111. The number of nitrogens with zero attached hydrogens (tertiary/aromatic N) is 2. The van der Waals surface area contributed by atoms with Gasteiger partial charge < -0.3 is 19.6 Å². The Kier molecular flexibility index (Phi) is 5.23. The maximum absolute atomic E-state index is 12.5. The van der Waals surface area contributed by atoms with Crippen LogP contribution in [-0.4, -0.2) is 65.8 Å². The SMILES string of the molecule is CN(CC1CCCO1)C(=O)N(CC(=O)O)C1CCCC1. The zero-order chi connectivity index (χ0) is 14.5. The molecule has 20 heavy (non-hydrogen) atoms. The number of carbonyl (C=O) groups excluding carboxylic acids is 1. The number of likely N-dealkylation sites (N-methyl/N-ethyl adjacent to an activating group) is 1. The number of ether oxygens (including phenoxy) is 1. The summed E-state index contributed by atoms with van der Waals surface area (Å²) in [6.07, 6.45) is 6.07. The second-order valence-electron chi connectivity index (χ2n) is 5.76. The molecule has 1 saturated heterocycles. The van der Waals surface area contributed by atoms with Gasteiger partial charge in [0.05, 0.1) is 6.10 Å². The van der Waals surface area contributed by atoms with E-state index in [-0.39, 0.29) is 24.7 Å². The Balaban J connectivity index is 1.94. The number of hydrogen-bond acceptors (Lipinski definition) is 3. The predicted molar refractivity (Wildman–Crippen MR) is 73.6 cm³/mol. The van der Waals surface area contributed by atoms with Crippen molar-refractivity contribution in [3.8, 4) is 0 Å². The number of amides is 2. The lowest BCUT2D eigenvalue weighted by atomic mass is 10.2. The van der Waals surface area contributed by atoms with Gasteiger partial charge in [0.15, 0.2) is 0 Å². The fraction of sp³-hybridized carbons (Fsp3) is 0.857. The first-order valence-corrected chi connectivity index (χ1v) is 7.43. The van der Waals surface area contributed by atoms with E-state index in [0.29, 0.717) is 6.54 Å². The van der Waals surface area contributed by atoms with Crippen molar-refractivity contribution < 1.29 is 19.4 Å². The van der Waals surface area contributed by atoms with Gasteiger partial charge in [-0.05, 0) is 25.7 Å². The predicted octanol–water partition coefficient (Wildman–Crippen LogP) is 1.55. The van der Waals surface area contributed by atoms with E-state index in [2.05, 4.69) is 0 Å². The average Bonchev–Trinajstić information content (AvgIpc) is 3.07. The zero-order valence-corrected chi connectivity index (χ0v) is 12.1. The van der Waals surface area contributed by atoms with Crippen molar-refractivity contribution in [2.75, 3.05) is 26.7 Å². The van der Waals surface area contributed by atoms with E-state index in [9.17, 15) is 9.59 Å². The molecule has 6 heteroatoms. The van der Waals surface area contributed by atoms with Crippen LogP contribution in [0.2, 0.25) is 0 Å². The summed E-state index contributed by atoms with van der Waals surface area (Å²) in [5.41, 5.74) is 0. The van der Waals surface area contributed by atoms with Crippen LogP contribution in [0.3, 0.4) is 0 Å². The highest BCUT2D eigenvalue weighted by Gasteiger charge is 2.31. The summed E-state index contributed by atoms with van der Waals surface area (Å²) in [5, 5.41) is 9.02. The molecule has 0 aromatic rings. The van der Waals surface area contributed by atoms with Crippen molar-refractivity contribution >= 4 is 12.0 Å². The molecule has 1 atom stereocenters. The van der Waals surface area contributed by atoms with Crippen molar-refractivity contribution in [1.29, 1.82) is 0 Å². The van der Waals surface area contributed by atoms with E-state index >= 15 is 0 Å². The van der Waals surface area contributed by atoms with Gasteiger partial charge in [0.2, 0.25) is 0 Å². The van der Waals surface area contributed by atoms with E-state index in [1.165, 1.54) is 4.90 Å². The van der Waals surface area contributed by atoms with Crippen molar-refractivity contribution in [2.24, 2.45) is 0 Å². The summed E-state index contributed by atoms with van der Waals surface area (Å²) in [6.45, 7) is 1.09. The van der Waals surface area contributed by atoms with Gasteiger partial charge in [-0.15, -0.1) is 0 Å². The van der Waals surface area contributed by atoms with Crippen LogP contribution in [0.1, 0.15) is 38.5 Å². The number of rotatable bonds is 5. The molecule has 0 radical (unpaired) electrons. The number of hydrogen-bond donors (Lipinski definition) is 1. The van der Waals surface area contributed by atoms with E-state index in [4.69, 9.17) is 9.84 Å². The molecule has 1 saturated carbocycles. The second kappa shape index (κ2) is 6.92. The number of carboxylic acids is 1. The third-order valence-corrected chi connectivity index (χ3v) is 4.14. The van der Waals surface area contributed by atoms with Gasteiger partial charge in [-0.2, -0.15) is 0 Å². The maximum atomic E-state index is 12.5. The van der Waals surface area contributed by atoms with Crippen LogP contribution in [0.4, 0.5) is 4.79 Å². The number of urea groups is 1. The van der Waals surface area contributed by atoms with Crippen LogP contribution in [0, 0.1) is 0 Å². The molecule has 0 aromatic carbocycles. The lowest BCUT2D eigenvalue weighted by molar-refractivity contribution is -0.138. The largest absolute Gasteiger partial charge is 0.480 e. The Bertz CT molecular complexity index is 349. The first kappa shape index (κ1) is 15.1. The van der Waals surface area contributed by atoms with Crippen molar-refractivity contribution in [3.63, 3.8) is 0 Å². The van der Waals surface area contributed by atoms with Crippen LogP contribution >= 0.6 is 0 Å². The summed E-state index contributed by atoms with van der Waals surface area (Å²) < 4.78 is 5.53. The minimum Gasteiger partial charge on any atom is -0.480 e. The van der Waals surface area contributed by atoms with Crippen LogP contribution in [0.15, 0.2) is 0 Å². The lowest BCUT2D eigenvalue weighted by Crippen LogP contribution is -2.49. The van der Waals surface area contributed by atoms with Gasteiger partial charge in [0.25, 0.3) is 0 Å². The molecule has 2 aliphatic rings. The van der Waals surface area contributed by atoms with E-state index in [1.54, 1.807) is 11.9 Å². The molecule has 1 unspecified atom stereocenters. The molecule has 1 aliphatic carbocycles. The molecule has 6 nitrogen and oxygen atoms in total. The quantitative estimate of drug-likeness (QED) is 0.831. The minimum absolute atomic E-state index is 0.0746. The monoisotopic (exact) mass is 284 g/mol. The smallest absolute Gasteiger partial charge is 0.323 e. The summed E-state index contributed by atoms with van der Waals surface area (Å²) in [4.78, 5) is 26.6. The molecule has 114 valence electrons. The van der Waals surface area contributed by atoms with E-state index < -0.39 is 5.97 Å². The van der Waals surface area contributed by atoms with Crippen molar-refractivity contribution in [1.82, 2.24) is 9.80 Å². The van der Waals surface area contributed by atoms with Crippen LogP contribution < -0.4 is 0 Å². The molecule has 1 aliphatic heterocycles. The molecular weight excluding hydrogens is 260 g/mol. The summed E-state index contributed by atoms with van der Waals surface area (Å²) >= 11 is 0. The molecule has 0 spiro atoms. The van der Waals surface area contributed by atoms with Gasteiger partial charge in [-0.25, -0.2) is 4.79 Å². The highest BCUT2D eigenvalue weighted by Crippen LogP contribution is 2.24. The Morgan fingerprint density at radius 2 is 1.90 bits per heavy atom. The fourth-order valence-electron chi connectivity index (χ4n) is 3.11. The number of carboxylic acid groups (broad SMARTS) is 1. The first-order valence-electron chi connectivity index (χ1n) is 7.43. The molecule has 2 rings (SSSR count). The molecule has 0 aromatic heterocycles. The van der Waals surface area contributed by atoms with Gasteiger partial charge in [0, 0.05) is 26.2 Å². The fourth-order valence-corrected chi connectivity index (χ4v) is 3.11. The third kappa shape index (κ3) is 3.85. The van der Waals surface area contributed by atoms with Crippen LogP contribution in [0.25, 0.3) is 0 Å². The van der Waals surface area contributed by atoms with Gasteiger partial charge in [-0.3, -0.25) is 4.79 Å². The van der Waals surface area contributed by atoms with Gasteiger partial charge in [0.1, 0.15) is 6.54 Å². The Morgan fingerprint density at radius 3 is 2.45 bits per heavy atom. The molecule has 1 N–H and O–H groups in total. The maximum Gasteiger partial charge on any atom is 0.323 e. The molecule has 2 amide bonds. The van der Waals surface area contributed by atoms with Crippen LogP contribution in [0.5, 0.6) is 0 Å². The average molecular weight is 284 g/mol. The normalized spacial score (nSPS) is 22.9. The molecular formula is C14H24N2O4. The Morgan fingerprint density at radius 1 is 1.20 bits per heavy atom. The molecule has 1 heterocycles. The first-order chi connectivity index (χ1) is 9.58. The summed E-state index contributed by atoms with van der Waals surface area (Å²) in [5.74, 6) is -0.948. The van der Waals surface area contributed by atoms with Gasteiger partial charge in [-0.1, -0.05) is 12.8 Å². The number of aliphatic carboxylic acids is 1.